The largest absolute Gasteiger partial charge is 0.479 e. The first-order valence-electron chi connectivity index (χ1n) is 18.0. The van der Waals surface area contributed by atoms with Crippen molar-refractivity contribution < 1.29 is 56.8 Å². The van der Waals surface area contributed by atoms with E-state index in [2.05, 4.69) is 9.88 Å². The SMILES string of the molecule is CN1CCC(N(Cc2ccc(-c3ccc(C(F)(F)F)cc3)cc2)C(=O)Cn2c(SCc3cccc(F)c3F)cc(=O)c3cccnc32)CC1.O=C(O)C(O)C(O)C(=O)O. The molecule has 4 N–H and O–H groups in total. The van der Waals surface area contributed by atoms with Gasteiger partial charge in [-0.25, -0.2) is 23.4 Å². The molecule has 312 valence electrons. The maximum atomic E-state index is 14.5. The Morgan fingerprint density at radius 2 is 1.47 bits per heavy atom. The van der Waals surface area contributed by atoms with Crippen molar-refractivity contribution in [2.45, 2.75) is 61.1 Å². The Hall–Kier alpha value is -5.69. The number of aliphatic hydroxyl groups is 2. The number of aliphatic hydroxyl groups excluding tert-OH is 2. The number of carboxylic acids is 2. The summed E-state index contributed by atoms with van der Waals surface area (Å²) in [4.78, 5) is 55.4. The maximum Gasteiger partial charge on any atom is 0.416 e. The Bertz CT molecular complexity index is 2320. The number of pyridine rings is 2. The first kappa shape index (κ1) is 44.4. The predicted octanol–water partition coefficient (Wildman–Crippen LogP) is 5.65. The third-order valence-electron chi connectivity index (χ3n) is 9.64. The van der Waals surface area contributed by atoms with Crippen molar-refractivity contribution in [3.63, 3.8) is 0 Å². The molecular weight excluding hydrogens is 804 g/mol. The van der Waals surface area contributed by atoms with Gasteiger partial charge in [-0.1, -0.05) is 48.5 Å². The summed E-state index contributed by atoms with van der Waals surface area (Å²) in [7, 11) is 2.03. The monoisotopic (exact) mass is 842 g/mol. The third kappa shape index (κ3) is 11.3. The number of aromatic nitrogens is 2. The van der Waals surface area contributed by atoms with E-state index in [1.807, 2.05) is 36.2 Å². The maximum absolute atomic E-state index is 14.5. The summed E-state index contributed by atoms with van der Waals surface area (Å²) in [5.74, 6) is -5.64. The van der Waals surface area contributed by atoms with Crippen molar-refractivity contribution >= 4 is 40.6 Å². The molecule has 0 bridgehead atoms. The number of hydrogen-bond acceptors (Lipinski definition) is 9. The molecule has 5 aromatic rings. The highest BCUT2D eigenvalue weighted by Gasteiger charge is 2.31. The van der Waals surface area contributed by atoms with Gasteiger partial charge in [0, 0.05) is 36.2 Å². The van der Waals surface area contributed by atoms with Crippen molar-refractivity contribution in [2.24, 2.45) is 0 Å². The molecule has 1 aliphatic heterocycles. The van der Waals surface area contributed by atoms with Crippen molar-refractivity contribution in [1.82, 2.24) is 19.4 Å². The lowest BCUT2D eigenvalue weighted by molar-refractivity contribution is -0.165. The number of rotatable bonds is 12. The lowest BCUT2D eigenvalue weighted by atomic mass is 10.0. The quantitative estimate of drug-likeness (QED) is 0.0903. The van der Waals surface area contributed by atoms with Gasteiger partial charge >= 0.3 is 18.1 Å². The normalized spacial score (nSPS) is 14.6. The smallest absolute Gasteiger partial charge is 0.416 e. The second-order valence-electron chi connectivity index (χ2n) is 13.7. The van der Waals surface area contributed by atoms with Crippen LogP contribution in [0.5, 0.6) is 0 Å². The number of aliphatic carboxylic acids is 2. The van der Waals surface area contributed by atoms with E-state index in [0.717, 1.165) is 67.0 Å². The summed E-state index contributed by atoms with van der Waals surface area (Å²) < 4.78 is 69.2. The average Bonchev–Trinajstić information content (AvgIpc) is 3.21. The van der Waals surface area contributed by atoms with E-state index in [1.165, 1.54) is 36.5 Å². The minimum absolute atomic E-state index is 0.0273. The predicted molar refractivity (Wildman–Crippen MR) is 207 cm³/mol. The second-order valence-corrected chi connectivity index (χ2v) is 14.7. The summed E-state index contributed by atoms with van der Waals surface area (Å²) in [5, 5.41) is 33.3. The van der Waals surface area contributed by atoms with Crippen molar-refractivity contribution in [3.05, 3.63) is 130 Å². The zero-order valence-corrected chi connectivity index (χ0v) is 32.2. The Morgan fingerprint density at radius 1 is 0.881 bits per heavy atom. The molecule has 59 heavy (non-hydrogen) atoms. The minimum atomic E-state index is -4.41. The standard InChI is InChI=1S/C37H33F5N4O2S.C4H6O6/c1-44-18-15-29(16-19-44)45(21-24-7-9-25(10-8-24)26-11-13-28(14-12-26)37(40,41)42)33(48)22-46-34(20-32(47)30-5-3-17-43-36(30)46)49-23-27-4-2-6-31(38)35(27)39;5-1(3(7)8)2(6)4(9)10/h2-14,17,20,29H,15-16,18-19,21-23H2,1H3;1-2,5-6H,(H,7,8)(H,9,10). The van der Waals surface area contributed by atoms with E-state index in [4.69, 9.17) is 20.4 Å². The van der Waals surface area contributed by atoms with E-state index in [9.17, 15) is 41.1 Å². The molecule has 0 radical (unpaired) electrons. The Kier molecular flexibility index (Phi) is 14.6. The molecule has 0 aliphatic carbocycles. The minimum Gasteiger partial charge on any atom is -0.479 e. The van der Waals surface area contributed by atoms with Gasteiger partial charge in [-0.3, -0.25) is 9.59 Å². The topological polar surface area (TPSA) is 173 Å². The molecule has 2 aromatic heterocycles. The van der Waals surface area contributed by atoms with Crippen LogP contribution in [-0.4, -0.2) is 96.0 Å². The summed E-state index contributed by atoms with van der Waals surface area (Å²) in [5.41, 5.74) is 1.67. The van der Waals surface area contributed by atoms with Crippen LogP contribution in [-0.2, 0) is 39.4 Å². The molecule has 1 fully saturated rings. The number of alkyl halides is 3. The van der Waals surface area contributed by atoms with Gasteiger partial charge in [-0.15, -0.1) is 11.8 Å². The number of carbonyl (C=O) groups excluding carboxylic acids is 1. The van der Waals surface area contributed by atoms with Crippen LogP contribution in [0.4, 0.5) is 22.0 Å². The summed E-state index contributed by atoms with van der Waals surface area (Å²) in [6.07, 6.45) is -5.89. The number of nitrogens with zero attached hydrogens (tertiary/aromatic N) is 4. The zero-order chi connectivity index (χ0) is 43.0. The van der Waals surface area contributed by atoms with E-state index in [1.54, 1.807) is 16.7 Å². The summed E-state index contributed by atoms with van der Waals surface area (Å²) in [6.45, 7) is 1.77. The highest BCUT2D eigenvalue weighted by atomic mass is 32.2. The number of hydrogen-bond donors (Lipinski definition) is 4. The van der Waals surface area contributed by atoms with Crippen LogP contribution in [0, 0.1) is 11.6 Å². The van der Waals surface area contributed by atoms with Crippen LogP contribution in [0.3, 0.4) is 0 Å². The lowest BCUT2D eigenvalue weighted by Gasteiger charge is -2.38. The van der Waals surface area contributed by atoms with Crippen LogP contribution in [0.1, 0.15) is 29.5 Å². The number of carbonyl (C=O) groups is 3. The fourth-order valence-electron chi connectivity index (χ4n) is 6.34. The summed E-state index contributed by atoms with van der Waals surface area (Å²) in [6, 6.07) is 20.9. The third-order valence-corrected chi connectivity index (χ3v) is 10.7. The summed E-state index contributed by atoms with van der Waals surface area (Å²) >= 11 is 1.12. The fourth-order valence-corrected chi connectivity index (χ4v) is 7.36. The number of fused-ring (bicyclic) bond motifs is 1. The van der Waals surface area contributed by atoms with Gasteiger partial charge in [0.05, 0.1) is 16.0 Å². The highest BCUT2D eigenvalue weighted by Crippen LogP contribution is 2.32. The Morgan fingerprint density at radius 3 is 2.05 bits per heavy atom. The second kappa shape index (κ2) is 19.4. The number of carboxylic acid groups (broad SMARTS) is 2. The first-order valence-corrected chi connectivity index (χ1v) is 19.0. The van der Waals surface area contributed by atoms with Gasteiger partial charge in [-0.2, -0.15) is 13.2 Å². The first-order chi connectivity index (χ1) is 27.9. The number of thioether (sulfide) groups is 1. The van der Waals surface area contributed by atoms with Crippen molar-refractivity contribution in [1.29, 1.82) is 0 Å². The molecule has 0 saturated carbocycles. The van der Waals surface area contributed by atoms with E-state index in [0.29, 0.717) is 28.2 Å². The molecule has 1 saturated heterocycles. The molecule has 6 rings (SSSR count). The van der Waals surface area contributed by atoms with Crippen LogP contribution < -0.4 is 5.43 Å². The molecule has 3 aromatic carbocycles. The number of likely N-dealkylation sites (tertiary alicyclic amines) is 1. The molecule has 12 nitrogen and oxygen atoms in total. The molecule has 0 spiro atoms. The molecule has 18 heteroatoms. The molecule has 2 unspecified atom stereocenters. The van der Waals surface area contributed by atoms with E-state index >= 15 is 0 Å². The van der Waals surface area contributed by atoms with Gasteiger partial charge in [0.25, 0.3) is 0 Å². The number of piperidine rings is 1. The Balaban J connectivity index is 0.000000586. The molecular formula is C41H39F5N4O8S. The number of amides is 1. The fraction of sp³-hybridized carbons (Fsp3) is 0.293. The van der Waals surface area contributed by atoms with Gasteiger partial charge < -0.3 is 34.8 Å². The number of benzene rings is 3. The van der Waals surface area contributed by atoms with Crippen LogP contribution in [0.2, 0.25) is 0 Å². The lowest BCUT2D eigenvalue weighted by Crippen LogP contribution is -2.47. The highest BCUT2D eigenvalue weighted by molar-refractivity contribution is 7.98. The van der Waals surface area contributed by atoms with Crippen LogP contribution in [0.25, 0.3) is 22.2 Å². The van der Waals surface area contributed by atoms with Crippen molar-refractivity contribution in [3.8, 4) is 11.1 Å². The molecule has 3 heterocycles. The van der Waals surface area contributed by atoms with Gasteiger partial charge in [0.1, 0.15) is 12.2 Å². The molecule has 1 amide bonds. The van der Waals surface area contributed by atoms with E-state index < -0.39 is 47.5 Å². The van der Waals surface area contributed by atoms with Crippen LogP contribution >= 0.6 is 11.8 Å². The zero-order valence-electron chi connectivity index (χ0n) is 31.4. The van der Waals surface area contributed by atoms with E-state index in [-0.39, 0.29) is 35.2 Å². The average molecular weight is 843 g/mol. The van der Waals surface area contributed by atoms with Gasteiger partial charge in [0.2, 0.25) is 5.91 Å². The molecule has 2 atom stereocenters. The van der Waals surface area contributed by atoms with Gasteiger partial charge in [-0.05, 0) is 80.0 Å². The van der Waals surface area contributed by atoms with Gasteiger partial charge in [0.15, 0.2) is 29.3 Å². The van der Waals surface area contributed by atoms with Crippen molar-refractivity contribution in [2.75, 3.05) is 20.1 Å². The number of halogens is 5. The Labute approximate surface area is 338 Å². The molecule has 1 aliphatic rings. The van der Waals surface area contributed by atoms with Crippen LogP contribution in [0.15, 0.2) is 101 Å².